The second-order valence-electron chi connectivity index (χ2n) is 4.92. The van der Waals surface area contributed by atoms with Crippen molar-refractivity contribution in [1.82, 2.24) is 5.32 Å². The van der Waals surface area contributed by atoms with E-state index in [9.17, 15) is 0 Å². The summed E-state index contributed by atoms with van der Waals surface area (Å²) in [5.41, 5.74) is 0.620. The molecule has 1 saturated carbocycles. The fourth-order valence-electron chi connectivity index (χ4n) is 2.42. The molecule has 19 heavy (non-hydrogen) atoms. The SMILES string of the molecule is CCNC(c1cc2c(Cl)c(Cl)cc(Cl)c2o1)C1CC1. The average molecular weight is 319 g/mol. The summed E-state index contributed by atoms with van der Waals surface area (Å²) in [4.78, 5) is 0. The van der Waals surface area contributed by atoms with Crippen molar-refractivity contribution in [2.75, 3.05) is 6.54 Å². The van der Waals surface area contributed by atoms with E-state index in [1.807, 2.05) is 6.07 Å². The van der Waals surface area contributed by atoms with Crippen molar-refractivity contribution in [2.45, 2.75) is 25.8 Å². The first-order valence-corrected chi connectivity index (χ1v) is 7.55. The molecule has 0 aliphatic heterocycles. The molecule has 1 N–H and O–H groups in total. The minimum absolute atomic E-state index is 0.239. The highest BCUT2D eigenvalue weighted by Gasteiger charge is 2.34. The van der Waals surface area contributed by atoms with Crippen molar-refractivity contribution < 1.29 is 4.42 Å². The van der Waals surface area contributed by atoms with E-state index in [4.69, 9.17) is 39.2 Å². The van der Waals surface area contributed by atoms with Crippen molar-refractivity contribution in [3.05, 3.63) is 33.0 Å². The van der Waals surface area contributed by atoms with E-state index in [0.29, 0.717) is 26.6 Å². The number of hydrogen-bond donors (Lipinski definition) is 1. The van der Waals surface area contributed by atoms with Gasteiger partial charge in [0.25, 0.3) is 0 Å². The summed E-state index contributed by atoms with van der Waals surface area (Å²) in [6.45, 7) is 3.00. The Morgan fingerprint density at radius 1 is 1.26 bits per heavy atom. The first-order valence-electron chi connectivity index (χ1n) is 6.42. The van der Waals surface area contributed by atoms with Gasteiger partial charge in [0, 0.05) is 5.39 Å². The molecular formula is C14H14Cl3NO. The Morgan fingerprint density at radius 2 is 2.00 bits per heavy atom. The molecule has 2 nitrogen and oxygen atoms in total. The molecular weight excluding hydrogens is 305 g/mol. The second-order valence-corrected chi connectivity index (χ2v) is 6.11. The lowest BCUT2D eigenvalue weighted by Gasteiger charge is -2.13. The molecule has 102 valence electrons. The van der Waals surface area contributed by atoms with Gasteiger partial charge >= 0.3 is 0 Å². The lowest BCUT2D eigenvalue weighted by atomic mass is 10.1. The second kappa shape index (κ2) is 5.17. The van der Waals surface area contributed by atoms with Crippen LogP contribution in [0.25, 0.3) is 11.0 Å². The maximum atomic E-state index is 6.22. The van der Waals surface area contributed by atoms with Crippen molar-refractivity contribution in [3.8, 4) is 0 Å². The van der Waals surface area contributed by atoms with Gasteiger partial charge in [0.1, 0.15) is 5.76 Å². The maximum absolute atomic E-state index is 6.22. The molecule has 1 unspecified atom stereocenters. The number of rotatable bonds is 4. The van der Waals surface area contributed by atoms with Crippen LogP contribution in [0, 0.1) is 5.92 Å². The molecule has 5 heteroatoms. The zero-order valence-corrected chi connectivity index (χ0v) is 12.7. The molecule has 1 heterocycles. The quantitative estimate of drug-likeness (QED) is 0.758. The number of halogens is 3. The van der Waals surface area contributed by atoms with Gasteiger partial charge in [-0.25, -0.2) is 0 Å². The summed E-state index contributed by atoms with van der Waals surface area (Å²) in [5.74, 6) is 1.54. The summed E-state index contributed by atoms with van der Waals surface area (Å²) in [7, 11) is 0. The fraction of sp³-hybridized carbons (Fsp3) is 0.429. The molecule has 1 aliphatic carbocycles. The number of furan rings is 1. The van der Waals surface area contributed by atoms with E-state index >= 15 is 0 Å². The number of nitrogens with one attached hydrogen (secondary N) is 1. The van der Waals surface area contributed by atoms with Gasteiger partial charge in [-0.15, -0.1) is 0 Å². The lowest BCUT2D eigenvalue weighted by Crippen LogP contribution is -2.21. The standard InChI is InChI=1S/C14H14Cl3NO/c1-2-18-13(7-3-4-7)11-5-8-12(17)9(15)6-10(16)14(8)19-11/h5-7,13,18H,2-4H2,1H3. The van der Waals surface area contributed by atoms with Crippen LogP contribution in [-0.2, 0) is 0 Å². The van der Waals surface area contributed by atoms with Crippen molar-refractivity contribution in [3.63, 3.8) is 0 Å². The highest BCUT2D eigenvalue weighted by Crippen LogP contribution is 2.45. The Balaban J connectivity index is 2.10. The molecule has 3 rings (SSSR count). The predicted molar refractivity (Wildman–Crippen MR) is 80.4 cm³/mol. The third-order valence-corrected chi connectivity index (χ3v) is 4.57. The molecule has 0 radical (unpaired) electrons. The summed E-state index contributed by atoms with van der Waals surface area (Å²) in [5, 5.41) is 5.71. The van der Waals surface area contributed by atoms with E-state index in [-0.39, 0.29) is 6.04 Å². The van der Waals surface area contributed by atoms with Gasteiger partial charge in [-0.2, -0.15) is 0 Å². The van der Waals surface area contributed by atoms with Gasteiger partial charge < -0.3 is 9.73 Å². The first-order chi connectivity index (χ1) is 9.11. The van der Waals surface area contributed by atoms with Crippen molar-refractivity contribution >= 4 is 45.8 Å². The third kappa shape index (κ3) is 2.47. The Morgan fingerprint density at radius 3 is 2.63 bits per heavy atom. The molecule has 0 amide bonds. The molecule has 1 atom stereocenters. The molecule has 0 saturated heterocycles. The molecule has 1 fully saturated rings. The highest BCUT2D eigenvalue weighted by molar-refractivity contribution is 6.47. The largest absolute Gasteiger partial charge is 0.458 e. The lowest BCUT2D eigenvalue weighted by molar-refractivity contribution is 0.403. The highest BCUT2D eigenvalue weighted by atomic mass is 35.5. The number of hydrogen-bond acceptors (Lipinski definition) is 2. The Kier molecular flexibility index (Phi) is 3.69. The Labute approximate surface area is 127 Å². The van der Waals surface area contributed by atoms with Crippen LogP contribution in [0.4, 0.5) is 0 Å². The van der Waals surface area contributed by atoms with Gasteiger partial charge in [0.15, 0.2) is 5.58 Å². The zero-order chi connectivity index (χ0) is 13.6. The average Bonchev–Trinajstić information content (AvgIpc) is 3.11. The summed E-state index contributed by atoms with van der Waals surface area (Å²) >= 11 is 18.4. The normalized spacial score (nSPS) is 17.1. The van der Waals surface area contributed by atoms with E-state index in [2.05, 4.69) is 12.2 Å². The molecule has 0 spiro atoms. The van der Waals surface area contributed by atoms with Gasteiger partial charge in [0.05, 0.1) is 21.1 Å². The maximum Gasteiger partial charge on any atom is 0.154 e. The van der Waals surface area contributed by atoms with E-state index in [0.717, 1.165) is 17.7 Å². The fourth-order valence-corrected chi connectivity index (χ4v) is 3.13. The summed E-state index contributed by atoms with van der Waals surface area (Å²) in [6, 6.07) is 3.82. The zero-order valence-electron chi connectivity index (χ0n) is 10.5. The third-order valence-electron chi connectivity index (χ3n) is 3.49. The van der Waals surface area contributed by atoms with Crippen LogP contribution < -0.4 is 5.32 Å². The van der Waals surface area contributed by atoms with Gasteiger partial charge in [-0.05, 0) is 37.4 Å². The monoisotopic (exact) mass is 317 g/mol. The van der Waals surface area contributed by atoms with Crippen LogP contribution >= 0.6 is 34.8 Å². The minimum atomic E-state index is 0.239. The number of fused-ring (bicyclic) bond motifs is 1. The van der Waals surface area contributed by atoms with Crippen LogP contribution in [0.15, 0.2) is 16.5 Å². The smallest absolute Gasteiger partial charge is 0.154 e. The Hall–Kier alpha value is -0.410. The summed E-state index contributed by atoms with van der Waals surface area (Å²) in [6.07, 6.45) is 2.47. The summed E-state index contributed by atoms with van der Waals surface area (Å²) < 4.78 is 5.91. The topological polar surface area (TPSA) is 25.2 Å². The van der Waals surface area contributed by atoms with Gasteiger partial charge in [-0.3, -0.25) is 0 Å². The van der Waals surface area contributed by atoms with E-state index < -0.39 is 0 Å². The minimum Gasteiger partial charge on any atom is -0.458 e. The van der Waals surface area contributed by atoms with E-state index in [1.54, 1.807) is 6.07 Å². The molecule has 2 aromatic rings. The predicted octanol–water partition coefficient (Wildman–Crippen LogP) is 5.45. The van der Waals surface area contributed by atoms with Gasteiger partial charge in [-0.1, -0.05) is 41.7 Å². The van der Waals surface area contributed by atoms with Crippen LogP contribution in [0.3, 0.4) is 0 Å². The van der Waals surface area contributed by atoms with Crippen molar-refractivity contribution in [1.29, 1.82) is 0 Å². The molecule has 1 aromatic carbocycles. The Bertz CT molecular complexity index is 619. The van der Waals surface area contributed by atoms with E-state index in [1.165, 1.54) is 12.8 Å². The molecule has 0 bridgehead atoms. The van der Waals surface area contributed by atoms with Gasteiger partial charge in [0.2, 0.25) is 0 Å². The van der Waals surface area contributed by atoms with Crippen LogP contribution in [0.2, 0.25) is 15.1 Å². The van der Waals surface area contributed by atoms with Crippen molar-refractivity contribution in [2.24, 2.45) is 5.92 Å². The molecule has 1 aromatic heterocycles. The van der Waals surface area contributed by atoms with Crippen LogP contribution in [-0.4, -0.2) is 6.54 Å². The number of benzene rings is 1. The van der Waals surface area contributed by atoms with Crippen LogP contribution in [0.5, 0.6) is 0 Å². The molecule has 1 aliphatic rings. The first kappa shape index (κ1) is 13.6. The van der Waals surface area contributed by atoms with Crippen LogP contribution in [0.1, 0.15) is 31.6 Å².